The second-order valence-corrected chi connectivity index (χ2v) is 5.05. The Kier molecular flexibility index (Phi) is 4.41. The lowest BCUT2D eigenvalue weighted by atomic mass is 9.94. The van der Waals surface area contributed by atoms with Gasteiger partial charge in [-0.3, -0.25) is 0 Å². The number of rotatable bonds is 4. The van der Waals surface area contributed by atoms with Crippen LogP contribution in [0, 0.1) is 0 Å². The molecule has 1 unspecified atom stereocenters. The molecule has 0 heterocycles. The van der Waals surface area contributed by atoms with Crippen LogP contribution in [0.4, 0.5) is 0 Å². The minimum Gasteiger partial charge on any atom is -0.495 e. The van der Waals surface area contributed by atoms with Crippen molar-refractivity contribution in [2.75, 3.05) is 14.2 Å². The number of methoxy groups -OCH3 is 2. The molecule has 0 fully saturated rings. The first kappa shape index (κ1) is 14.3. The summed E-state index contributed by atoms with van der Waals surface area (Å²) in [5.74, 6) is 1.06. The van der Waals surface area contributed by atoms with Crippen LogP contribution in [0.1, 0.15) is 25.5 Å². The molecule has 1 aromatic carbocycles. The molecule has 17 heavy (non-hydrogen) atoms. The first-order chi connectivity index (χ1) is 7.82. The van der Waals surface area contributed by atoms with Crippen LogP contribution >= 0.6 is 15.9 Å². The zero-order chi connectivity index (χ0) is 13.2. The van der Waals surface area contributed by atoms with Crippen molar-refractivity contribution in [1.82, 2.24) is 0 Å². The Morgan fingerprint density at radius 3 is 2.24 bits per heavy atom. The van der Waals surface area contributed by atoms with Crippen LogP contribution in [0.25, 0.3) is 0 Å². The number of benzene rings is 1. The predicted octanol–water partition coefficient (Wildman–Crippen LogP) is 2.27. The van der Waals surface area contributed by atoms with Gasteiger partial charge >= 0.3 is 0 Å². The van der Waals surface area contributed by atoms with E-state index in [1.54, 1.807) is 19.2 Å². The summed E-state index contributed by atoms with van der Waals surface area (Å²) in [5, 5.41) is 19.9. The van der Waals surface area contributed by atoms with Crippen LogP contribution in [0.15, 0.2) is 16.6 Å². The van der Waals surface area contributed by atoms with E-state index in [4.69, 9.17) is 9.47 Å². The standard InChI is InChI=1S/C12H17BrO4/c1-12(2,15)11(14)7-5-6-8(16-3)9(13)10(7)17-4/h5-6,11,14-15H,1-4H3. The molecule has 5 heteroatoms. The molecule has 0 bridgehead atoms. The summed E-state index contributed by atoms with van der Waals surface area (Å²) < 4.78 is 11.0. The first-order valence-corrected chi connectivity index (χ1v) is 5.93. The first-order valence-electron chi connectivity index (χ1n) is 5.13. The van der Waals surface area contributed by atoms with Gasteiger partial charge in [0.1, 0.15) is 22.1 Å². The number of hydrogen-bond donors (Lipinski definition) is 2. The van der Waals surface area contributed by atoms with Crippen molar-refractivity contribution in [1.29, 1.82) is 0 Å². The van der Waals surface area contributed by atoms with Crippen LogP contribution in [-0.2, 0) is 0 Å². The average molecular weight is 305 g/mol. The zero-order valence-electron chi connectivity index (χ0n) is 10.3. The molecule has 1 atom stereocenters. The second-order valence-electron chi connectivity index (χ2n) is 4.26. The van der Waals surface area contributed by atoms with Gasteiger partial charge < -0.3 is 19.7 Å². The molecule has 0 saturated heterocycles. The summed E-state index contributed by atoms with van der Waals surface area (Å²) in [6, 6.07) is 3.38. The molecule has 4 nitrogen and oxygen atoms in total. The van der Waals surface area contributed by atoms with E-state index in [-0.39, 0.29) is 0 Å². The van der Waals surface area contributed by atoms with E-state index in [1.165, 1.54) is 21.0 Å². The number of ether oxygens (including phenoxy) is 2. The Labute approximate surface area is 109 Å². The van der Waals surface area contributed by atoms with Gasteiger partial charge in [-0.25, -0.2) is 0 Å². The maximum Gasteiger partial charge on any atom is 0.142 e. The van der Waals surface area contributed by atoms with Crippen LogP contribution in [0.2, 0.25) is 0 Å². The lowest BCUT2D eigenvalue weighted by Gasteiger charge is -2.26. The van der Waals surface area contributed by atoms with Crippen molar-refractivity contribution in [3.05, 3.63) is 22.2 Å². The third kappa shape index (κ3) is 2.91. The van der Waals surface area contributed by atoms with Gasteiger partial charge in [-0.1, -0.05) is 0 Å². The minimum atomic E-state index is -1.25. The molecule has 0 radical (unpaired) electrons. The van der Waals surface area contributed by atoms with Gasteiger partial charge in [-0.2, -0.15) is 0 Å². The topological polar surface area (TPSA) is 58.9 Å². The summed E-state index contributed by atoms with van der Waals surface area (Å²) in [7, 11) is 3.05. The highest BCUT2D eigenvalue weighted by atomic mass is 79.9. The van der Waals surface area contributed by atoms with Crippen LogP contribution in [0.3, 0.4) is 0 Å². The Morgan fingerprint density at radius 1 is 1.24 bits per heavy atom. The van der Waals surface area contributed by atoms with Crippen molar-refractivity contribution >= 4 is 15.9 Å². The lowest BCUT2D eigenvalue weighted by molar-refractivity contribution is -0.0506. The quantitative estimate of drug-likeness (QED) is 0.896. The molecule has 1 rings (SSSR count). The number of aliphatic hydroxyl groups excluding tert-OH is 1. The largest absolute Gasteiger partial charge is 0.495 e. The average Bonchev–Trinajstić information content (AvgIpc) is 2.26. The SMILES string of the molecule is COc1ccc(C(O)C(C)(C)O)c(OC)c1Br. The Hall–Kier alpha value is -0.780. The third-order valence-corrected chi connectivity index (χ3v) is 3.23. The van der Waals surface area contributed by atoms with Gasteiger partial charge in [0.2, 0.25) is 0 Å². The summed E-state index contributed by atoms with van der Waals surface area (Å²) in [4.78, 5) is 0. The van der Waals surface area contributed by atoms with Crippen molar-refractivity contribution in [2.24, 2.45) is 0 Å². The maximum atomic E-state index is 10.1. The van der Waals surface area contributed by atoms with E-state index < -0.39 is 11.7 Å². The summed E-state index contributed by atoms with van der Waals surface area (Å²) in [6.07, 6.45) is -1.04. The molecule has 0 amide bonds. The molecule has 2 N–H and O–H groups in total. The Morgan fingerprint density at radius 2 is 1.82 bits per heavy atom. The summed E-state index contributed by atoms with van der Waals surface area (Å²) >= 11 is 3.34. The molecule has 0 saturated carbocycles. The third-order valence-electron chi connectivity index (χ3n) is 2.48. The molecular formula is C12H17BrO4. The monoisotopic (exact) mass is 304 g/mol. The smallest absolute Gasteiger partial charge is 0.142 e. The highest BCUT2D eigenvalue weighted by Crippen LogP contribution is 2.41. The van der Waals surface area contributed by atoms with E-state index in [1.807, 2.05) is 0 Å². The number of hydrogen-bond acceptors (Lipinski definition) is 4. The van der Waals surface area contributed by atoms with Gasteiger partial charge in [0.25, 0.3) is 0 Å². The molecule has 0 aliphatic rings. The molecular weight excluding hydrogens is 288 g/mol. The second kappa shape index (κ2) is 5.25. The molecule has 96 valence electrons. The fourth-order valence-corrected chi connectivity index (χ4v) is 2.20. The Balaban J connectivity index is 3.31. The lowest BCUT2D eigenvalue weighted by Crippen LogP contribution is -2.29. The van der Waals surface area contributed by atoms with Crippen LogP contribution in [-0.4, -0.2) is 30.0 Å². The van der Waals surface area contributed by atoms with Gasteiger partial charge in [0.15, 0.2) is 0 Å². The Bertz CT molecular complexity index is 398. The molecule has 0 spiro atoms. The summed E-state index contributed by atoms with van der Waals surface area (Å²) in [5.41, 5.74) is -0.742. The van der Waals surface area contributed by atoms with Gasteiger partial charge in [0, 0.05) is 5.56 Å². The fourth-order valence-electron chi connectivity index (χ4n) is 1.51. The highest BCUT2D eigenvalue weighted by Gasteiger charge is 2.30. The van der Waals surface area contributed by atoms with Crippen molar-refractivity contribution < 1.29 is 19.7 Å². The maximum absolute atomic E-state index is 10.1. The highest BCUT2D eigenvalue weighted by molar-refractivity contribution is 9.10. The number of aliphatic hydroxyl groups is 2. The molecule has 1 aromatic rings. The number of halogens is 1. The molecule has 0 aliphatic carbocycles. The van der Waals surface area contributed by atoms with Crippen LogP contribution < -0.4 is 9.47 Å². The van der Waals surface area contributed by atoms with Crippen molar-refractivity contribution in [3.8, 4) is 11.5 Å². The van der Waals surface area contributed by atoms with Crippen molar-refractivity contribution in [3.63, 3.8) is 0 Å². The van der Waals surface area contributed by atoms with E-state index in [0.29, 0.717) is 21.5 Å². The van der Waals surface area contributed by atoms with E-state index in [0.717, 1.165) is 0 Å². The van der Waals surface area contributed by atoms with E-state index in [9.17, 15) is 10.2 Å². The molecule has 0 aliphatic heterocycles. The van der Waals surface area contributed by atoms with Gasteiger partial charge in [-0.05, 0) is 41.9 Å². The predicted molar refractivity (Wildman–Crippen MR) is 68.5 cm³/mol. The van der Waals surface area contributed by atoms with Gasteiger partial charge in [0.05, 0.1) is 19.8 Å². The fraction of sp³-hybridized carbons (Fsp3) is 0.500. The normalized spacial score (nSPS) is 13.4. The van der Waals surface area contributed by atoms with E-state index in [2.05, 4.69) is 15.9 Å². The van der Waals surface area contributed by atoms with E-state index >= 15 is 0 Å². The zero-order valence-corrected chi connectivity index (χ0v) is 11.9. The van der Waals surface area contributed by atoms with Crippen molar-refractivity contribution in [2.45, 2.75) is 25.6 Å². The minimum absolute atomic E-state index is 0.457. The molecule has 0 aromatic heterocycles. The van der Waals surface area contributed by atoms with Gasteiger partial charge in [-0.15, -0.1) is 0 Å². The summed E-state index contributed by atoms with van der Waals surface area (Å²) in [6.45, 7) is 3.07. The van der Waals surface area contributed by atoms with Crippen LogP contribution in [0.5, 0.6) is 11.5 Å².